The molecule has 32 heavy (non-hydrogen) atoms. The summed E-state index contributed by atoms with van der Waals surface area (Å²) >= 11 is 0.987. The first kappa shape index (κ1) is 20.3. The van der Waals surface area contributed by atoms with E-state index in [4.69, 9.17) is 19.9 Å². The van der Waals surface area contributed by atoms with Crippen LogP contribution in [0.2, 0.25) is 0 Å². The SMILES string of the molecule is COc1cc(OC)cc(N2C(=O)[C@@H]3[C@@H]4C(=C(N)S[C@H]3C2=O)C(=O)Oc2cc(O)ccc24)c1. The molecule has 0 saturated carbocycles. The van der Waals surface area contributed by atoms with Crippen molar-refractivity contribution in [1.29, 1.82) is 0 Å². The minimum absolute atomic E-state index is 0.0855. The van der Waals surface area contributed by atoms with E-state index in [0.717, 1.165) is 16.7 Å². The van der Waals surface area contributed by atoms with Crippen LogP contribution in [-0.4, -0.2) is 42.4 Å². The first-order valence-corrected chi connectivity index (χ1v) is 10.5. The molecular weight excluding hydrogens is 436 g/mol. The average Bonchev–Trinajstić information content (AvgIpc) is 3.02. The van der Waals surface area contributed by atoms with Crippen molar-refractivity contribution in [3.63, 3.8) is 0 Å². The van der Waals surface area contributed by atoms with Crippen molar-refractivity contribution in [3.05, 3.63) is 52.6 Å². The molecule has 3 N–H and O–H groups in total. The predicted octanol–water partition coefficient (Wildman–Crippen LogP) is 1.89. The zero-order valence-electron chi connectivity index (χ0n) is 17.0. The number of hydrogen-bond donors (Lipinski definition) is 2. The van der Waals surface area contributed by atoms with E-state index in [2.05, 4.69) is 0 Å². The number of methoxy groups -OCH3 is 2. The van der Waals surface area contributed by atoms with Crippen LogP contribution in [0.25, 0.3) is 0 Å². The molecule has 0 aromatic heterocycles. The number of ether oxygens (including phenoxy) is 3. The molecule has 2 aromatic rings. The number of nitrogens with two attached hydrogens (primary N) is 1. The van der Waals surface area contributed by atoms with Gasteiger partial charge in [-0.05, 0) is 6.07 Å². The number of fused-ring (bicyclic) bond motifs is 5. The number of phenols is 1. The average molecular weight is 454 g/mol. The molecular formula is C22H18N2O7S. The van der Waals surface area contributed by atoms with Gasteiger partial charge in [0.2, 0.25) is 11.8 Å². The van der Waals surface area contributed by atoms with E-state index in [0.29, 0.717) is 22.7 Å². The van der Waals surface area contributed by atoms with E-state index < -0.39 is 34.9 Å². The third-order valence-electron chi connectivity index (χ3n) is 5.83. The number of anilines is 1. The van der Waals surface area contributed by atoms with Crippen molar-refractivity contribution in [2.75, 3.05) is 19.1 Å². The highest BCUT2D eigenvalue weighted by Gasteiger charge is 2.58. The van der Waals surface area contributed by atoms with Crippen LogP contribution in [0.3, 0.4) is 0 Å². The molecule has 0 spiro atoms. The number of nitrogens with zero attached hydrogens (tertiary/aromatic N) is 1. The van der Waals surface area contributed by atoms with Gasteiger partial charge in [0.1, 0.15) is 28.2 Å². The fourth-order valence-corrected chi connectivity index (χ4v) is 5.66. The molecule has 3 atom stereocenters. The third kappa shape index (κ3) is 2.83. The van der Waals surface area contributed by atoms with Gasteiger partial charge in [-0.15, -0.1) is 0 Å². The molecule has 0 bridgehead atoms. The van der Waals surface area contributed by atoms with E-state index in [1.54, 1.807) is 24.3 Å². The fourth-order valence-electron chi connectivity index (χ4n) is 4.42. The normalized spacial score (nSPS) is 24.0. The summed E-state index contributed by atoms with van der Waals surface area (Å²) in [7, 11) is 2.94. The Balaban J connectivity index is 1.64. The van der Waals surface area contributed by atoms with Crippen molar-refractivity contribution in [1.82, 2.24) is 0 Å². The number of amides is 2. The molecule has 1 saturated heterocycles. The summed E-state index contributed by atoms with van der Waals surface area (Å²) in [6.07, 6.45) is 0. The molecule has 0 aliphatic carbocycles. The number of hydrogen-bond acceptors (Lipinski definition) is 9. The number of esters is 1. The predicted molar refractivity (Wildman–Crippen MR) is 115 cm³/mol. The Morgan fingerprint density at radius 3 is 2.38 bits per heavy atom. The monoisotopic (exact) mass is 454 g/mol. The van der Waals surface area contributed by atoms with E-state index >= 15 is 0 Å². The van der Waals surface area contributed by atoms with Gasteiger partial charge in [-0.1, -0.05) is 17.8 Å². The molecule has 3 heterocycles. The van der Waals surface area contributed by atoms with Gasteiger partial charge in [0.25, 0.3) is 0 Å². The summed E-state index contributed by atoms with van der Waals surface area (Å²) in [4.78, 5) is 40.8. The van der Waals surface area contributed by atoms with Crippen LogP contribution in [0.1, 0.15) is 11.5 Å². The topological polar surface area (TPSA) is 128 Å². The summed E-state index contributed by atoms with van der Waals surface area (Å²) in [6.45, 7) is 0. The van der Waals surface area contributed by atoms with Crippen molar-refractivity contribution in [2.24, 2.45) is 11.7 Å². The van der Waals surface area contributed by atoms with Gasteiger partial charge in [0.15, 0.2) is 0 Å². The molecule has 2 amide bonds. The van der Waals surface area contributed by atoms with Crippen LogP contribution < -0.4 is 24.8 Å². The highest BCUT2D eigenvalue weighted by atomic mass is 32.2. The lowest BCUT2D eigenvalue weighted by atomic mass is 9.77. The second-order valence-electron chi connectivity index (χ2n) is 7.51. The Kier molecular flexibility index (Phi) is 4.55. The van der Waals surface area contributed by atoms with Crippen LogP contribution in [0.5, 0.6) is 23.0 Å². The highest BCUT2D eigenvalue weighted by molar-refractivity contribution is 8.04. The van der Waals surface area contributed by atoms with Crippen LogP contribution in [0, 0.1) is 5.92 Å². The van der Waals surface area contributed by atoms with E-state index in [1.165, 1.54) is 26.4 Å². The quantitative estimate of drug-likeness (QED) is 0.406. The van der Waals surface area contributed by atoms with Gasteiger partial charge < -0.3 is 25.1 Å². The van der Waals surface area contributed by atoms with Gasteiger partial charge in [-0.25, -0.2) is 9.69 Å². The smallest absolute Gasteiger partial charge is 0.342 e. The van der Waals surface area contributed by atoms with Crippen LogP contribution in [0.15, 0.2) is 47.0 Å². The van der Waals surface area contributed by atoms with Crippen molar-refractivity contribution in [2.45, 2.75) is 11.2 Å². The lowest BCUT2D eigenvalue weighted by Crippen LogP contribution is -2.39. The number of rotatable bonds is 3. The lowest BCUT2D eigenvalue weighted by Gasteiger charge is -2.36. The van der Waals surface area contributed by atoms with Gasteiger partial charge in [-0.3, -0.25) is 9.59 Å². The Bertz CT molecular complexity index is 1200. The fraction of sp³-hybridized carbons (Fsp3) is 0.227. The minimum atomic E-state index is -0.872. The number of phenolic OH excluding ortho intramolecular Hbond substituents is 1. The number of imide groups is 1. The number of thioether (sulfide) groups is 1. The zero-order valence-corrected chi connectivity index (χ0v) is 17.8. The first-order valence-electron chi connectivity index (χ1n) is 9.66. The number of carbonyl (C=O) groups is 3. The minimum Gasteiger partial charge on any atom is -0.508 e. The molecule has 9 nitrogen and oxygen atoms in total. The van der Waals surface area contributed by atoms with Crippen molar-refractivity contribution in [3.8, 4) is 23.0 Å². The van der Waals surface area contributed by atoms with Crippen molar-refractivity contribution < 1.29 is 33.7 Å². The summed E-state index contributed by atoms with van der Waals surface area (Å²) < 4.78 is 15.9. The number of aromatic hydroxyl groups is 1. The van der Waals surface area contributed by atoms with Crippen molar-refractivity contribution >= 4 is 35.2 Å². The molecule has 1 fully saturated rings. The number of benzene rings is 2. The second-order valence-corrected chi connectivity index (χ2v) is 8.70. The third-order valence-corrected chi connectivity index (χ3v) is 7.06. The zero-order chi connectivity index (χ0) is 22.7. The molecule has 0 unspecified atom stereocenters. The lowest BCUT2D eigenvalue weighted by molar-refractivity contribution is -0.131. The molecule has 2 aromatic carbocycles. The maximum atomic E-state index is 13.6. The summed E-state index contributed by atoms with van der Waals surface area (Å²) in [5, 5.41) is 9.13. The van der Waals surface area contributed by atoms with E-state index in [-0.39, 0.29) is 22.1 Å². The Labute approximate surface area is 186 Å². The van der Waals surface area contributed by atoms with E-state index in [1.807, 2.05) is 0 Å². The van der Waals surface area contributed by atoms with E-state index in [9.17, 15) is 19.5 Å². The van der Waals surface area contributed by atoms with Gasteiger partial charge in [0.05, 0.1) is 36.4 Å². The van der Waals surface area contributed by atoms with Gasteiger partial charge in [-0.2, -0.15) is 0 Å². The summed E-state index contributed by atoms with van der Waals surface area (Å²) in [5.41, 5.74) is 7.15. The Morgan fingerprint density at radius 1 is 1.03 bits per heavy atom. The maximum absolute atomic E-state index is 13.6. The Hall–Kier alpha value is -3.66. The second kappa shape index (κ2) is 7.20. The standard InChI is InChI=1S/C22H18N2O7S/c1-29-11-5-9(6-12(8-11)30-2)24-20(26)16-15-13-4-3-10(25)7-14(13)31-22(28)17(15)19(23)32-18(16)21(24)27/h3-8,15-16,18,25H,23H2,1-2H3/t15-,16-,18-/m1/s1. The maximum Gasteiger partial charge on any atom is 0.342 e. The van der Waals surface area contributed by atoms with Gasteiger partial charge >= 0.3 is 5.97 Å². The Morgan fingerprint density at radius 2 is 1.72 bits per heavy atom. The molecule has 5 rings (SSSR count). The van der Waals surface area contributed by atoms with Crippen LogP contribution in [0.4, 0.5) is 5.69 Å². The molecule has 164 valence electrons. The number of carbonyl (C=O) groups excluding carboxylic acids is 3. The molecule has 0 radical (unpaired) electrons. The molecule has 3 aliphatic rings. The summed E-state index contributed by atoms with van der Waals surface area (Å²) in [5.74, 6) is -2.35. The van der Waals surface area contributed by atoms with Crippen LogP contribution in [-0.2, 0) is 14.4 Å². The first-order chi connectivity index (χ1) is 15.3. The summed E-state index contributed by atoms with van der Waals surface area (Å²) in [6, 6.07) is 9.10. The molecule has 10 heteroatoms. The highest BCUT2D eigenvalue weighted by Crippen LogP contribution is 2.55. The van der Waals surface area contributed by atoms with Gasteiger partial charge in [0, 0.05) is 35.7 Å². The van der Waals surface area contributed by atoms with Crippen LogP contribution >= 0.6 is 11.8 Å². The molecule has 3 aliphatic heterocycles. The largest absolute Gasteiger partial charge is 0.508 e.